The molecule has 0 bridgehead atoms. The molecule has 1 amide bonds. The Kier molecular flexibility index (Phi) is 8.61. The minimum atomic E-state index is 0. The Morgan fingerprint density at radius 2 is 1.76 bits per heavy atom. The summed E-state index contributed by atoms with van der Waals surface area (Å²) in [6, 6.07) is 0.417. The second-order valence-corrected chi connectivity index (χ2v) is 5.39. The van der Waals surface area contributed by atoms with E-state index in [2.05, 4.69) is 24.5 Å². The van der Waals surface area contributed by atoms with Crippen molar-refractivity contribution in [3.63, 3.8) is 0 Å². The minimum Gasteiger partial charge on any atom is -0.353 e. The third-order valence-corrected chi connectivity index (χ3v) is 3.37. The van der Waals surface area contributed by atoms with E-state index in [1.54, 1.807) is 0 Å². The summed E-state index contributed by atoms with van der Waals surface area (Å²) in [7, 11) is 1.92. The number of halogens is 1. The first-order valence-corrected chi connectivity index (χ1v) is 6.55. The molecule has 0 aromatic rings. The van der Waals surface area contributed by atoms with E-state index in [1.807, 2.05) is 7.05 Å². The predicted octanol–water partition coefficient (Wildman–Crippen LogP) is 2.35. The lowest BCUT2D eigenvalue weighted by Gasteiger charge is -2.32. The number of hydrogen-bond acceptors (Lipinski definition) is 2. The number of carbonyl (C=O) groups excluding carboxylic acids is 1. The minimum absolute atomic E-state index is 0. The zero-order chi connectivity index (χ0) is 12.0. The highest BCUT2D eigenvalue weighted by molar-refractivity contribution is 5.85. The quantitative estimate of drug-likeness (QED) is 0.747. The van der Waals surface area contributed by atoms with Gasteiger partial charge in [-0.2, -0.15) is 0 Å². The molecule has 2 unspecified atom stereocenters. The van der Waals surface area contributed by atoms with Crippen LogP contribution >= 0.6 is 12.4 Å². The summed E-state index contributed by atoms with van der Waals surface area (Å²) < 4.78 is 0. The molecule has 17 heavy (non-hydrogen) atoms. The van der Waals surface area contributed by atoms with Crippen LogP contribution in [0.5, 0.6) is 0 Å². The number of rotatable bonds is 5. The summed E-state index contributed by atoms with van der Waals surface area (Å²) in [4.78, 5) is 11.7. The van der Waals surface area contributed by atoms with Crippen molar-refractivity contribution in [1.82, 2.24) is 10.6 Å². The molecule has 1 rings (SSSR count). The van der Waals surface area contributed by atoms with E-state index < -0.39 is 0 Å². The first-order chi connectivity index (χ1) is 7.61. The highest BCUT2D eigenvalue weighted by atomic mass is 35.5. The van der Waals surface area contributed by atoms with Crippen LogP contribution < -0.4 is 10.6 Å². The van der Waals surface area contributed by atoms with E-state index in [1.165, 1.54) is 6.42 Å². The third kappa shape index (κ3) is 6.89. The lowest BCUT2D eigenvalue weighted by molar-refractivity contribution is -0.122. The van der Waals surface area contributed by atoms with Gasteiger partial charge in [-0.1, -0.05) is 13.8 Å². The van der Waals surface area contributed by atoms with Crippen LogP contribution in [-0.4, -0.2) is 25.5 Å². The molecule has 0 spiro atoms. The zero-order valence-electron chi connectivity index (χ0n) is 11.3. The summed E-state index contributed by atoms with van der Waals surface area (Å²) in [6.07, 6.45) is 5.20. The van der Waals surface area contributed by atoms with Crippen molar-refractivity contribution in [2.45, 2.75) is 52.0 Å². The Bertz CT molecular complexity index is 213. The molecule has 0 aromatic carbocycles. The fraction of sp³-hybridized carbons (Fsp3) is 0.923. The van der Waals surface area contributed by atoms with Crippen LogP contribution in [-0.2, 0) is 4.79 Å². The van der Waals surface area contributed by atoms with Crippen molar-refractivity contribution in [1.29, 1.82) is 0 Å². The van der Waals surface area contributed by atoms with Crippen molar-refractivity contribution in [2.75, 3.05) is 13.6 Å². The van der Waals surface area contributed by atoms with E-state index >= 15 is 0 Å². The lowest BCUT2D eigenvalue weighted by atomic mass is 9.80. The fourth-order valence-corrected chi connectivity index (χ4v) is 2.79. The number of amides is 1. The molecular weight excluding hydrogens is 236 g/mol. The van der Waals surface area contributed by atoms with Crippen LogP contribution in [0.4, 0.5) is 0 Å². The largest absolute Gasteiger partial charge is 0.353 e. The van der Waals surface area contributed by atoms with E-state index in [0.717, 1.165) is 37.6 Å². The van der Waals surface area contributed by atoms with Gasteiger partial charge >= 0.3 is 0 Å². The molecule has 1 fully saturated rings. The Balaban J connectivity index is 0.00000256. The van der Waals surface area contributed by atoms with Gasteiger partial charge in [0.05, 0.1) is 0 Å². The van der Waals surface area contributed by atoms with Crippen LogP contribution in [0.3, 0.4) is 0 Å². The SMILES string of the molecule is CNCCCC(=O)NC1CC(C)CC(C)C1.Cl. The molecule has 1 aliphatic rings. The fourth-order valence-electron chi connectivity index (χ4n) is 2.79. The van der Waals surface area contributed by atoms with Crippen LogP contribution in [0, 0.1) is 11.8 Å². The summed E-state index contributed by atoms with van der Waals surface area (Å²) in [5, 5.41) is 6.23. The molecular formula is C13H27ClN2O. The van der Waals surface area contributed by atoms with Gasteiger partial charge in [0.1, 0.15) is 0 Å². The van der Waals surface area contributed by atoms with Crippen LogP contribution in [0.2, 0.25) is 0 Å². The molecule has 0 aliphatic heterocycles. The first kappa shape index (κ1) is 16.7. The Morgan fingerprint density at radius 1 is 1.18 bits per heavy atom. The Hall–Kier alpha value is -0.280. The van der Waals surface area contributed by atoms with Gasteiger partial charge in [0.25, 0.3) is 0 Å². The molecule has 0 aromatic heterocycles. The van der Waals surface area contributed by atoms with Crippen molar-refractivity contribution < 1.29 is 4.79 Å². The molecule has 3 nitrogen and oxygen atoms in total. The van der Waals surface area contributed by atoms with Gasteiger partial charge < -0.3 is 10.6 Å². The predicted molar refractivity (Wildman–Crippen MR) is 74.5 cm³/mol. The maximum atomic E-state index is 11.7. The molecule has 1 saturated carbocycles. The molecule has 0 heterocycles. The van der Waals surface area contributed by atoms with Crippen molar-refractivity contribution in [2.24, 2.45) is 11.8 Å². The maximum absolute atomic E-state index is 11.7. The van der Waals surface area contributed by atoms with E-state index in [0.29, 0.717) is 12.5 Å². The van der Waals surface area contributed by atoms with Gasteiger partial charge in [-0.25, -0.2) is 0 Å². The molecule has 4 heteroatoms. The average molecular weight is 263 g/mol. The van der Waals surface area contributed by atoms with Gasteiger partial charge in [0, 0.05) is 12.5 Å². The summed E-state index contributed by atoms with van der Waals surface area (Å²) in [5.74, 6) is 1.74. The van der Waals surface area contributed by atoms with Crippen molar-refractivity contribution >= 4 is 18.3 Å². The second kappa shape index (κ2) is 8.76. The van der Waals surface area contributed by atoms with Gasteiger partial charge in [-0.15, -0.1) is 12.4 Å². The molecule has 0 saturated heterocycles. The highest BCUT2D eigenvalue weighted by Crippen LogP contribution is 2.28. The van der Waals surface area contributed by atoms with Crippen molar-refractivity contribution in [3.8, 4) is 0 Å². The smallest absolute Gasteiger partial charge is 0.220 e. The number of hydrogen-bond donors (Lipinski definition) is 2. The highest BCUT2D eigenvalue weighted by Gasteiger charge is 2.24. The lowest BCUT2D eigenvalue weighted by Crippen LogP contribution is -2.40. The summed E-state index contributed by atoms with van der Waals surface area (Å²) in [6.45, 7) is 5.50. The van der Waals surface area contributed by atoms with Crippen LogP contribution in [0.1, 0.15) is 46.0 Å². The molecule has 2 N–H and O–H groups in total. The topological polar surface area (TPSA) is 41.1 Å². The van der Waals surface area contributed by atoms with Crippen molar-refractivity contribution in [3.05, 3.63) is 0 Å². The standard InChI is InChI=1S/C13H26N2O.ClH/c1-10-7-11(2)9-12(8-10)15-13(16)5-4-6-14-3;/h10-12,14H,4-9H2,1-3H3,(H,15,16);1H. The molecule has 2 atom stereocenters. The second-order valence-electron chi connectivity index (χ2n) is 5.39. The summed E-state index contributed by atoms with van der Waals surface area (Å²) >= 11 is 0. The zero-order valence-corrected chi connectivity index (χ0v) is 12.1. The molecule has 0 radical (unpaired) electrons. The Morgan fingerprint density at radius 3 is 2.29 bits per heavy atom. The van der Waals surface area contributed by atoms with E-state index in [9.17, 15) is 4.79 Å². The molecule has 102 valence electrons. The monoisotopic (exact) mass is 262 g/mol. The normalized spacial score (nSPS) is 28.3. The van der Waals surface area contributed by atoms with Gasteiger partial charge in [-0.05, 0) is 51.1 Å². The van der Waals surface area contributed by atoms with Crippen LogP contribution in [0.25, 0.3) is 0 Å². The Labute approximate surface area is 112 Å². The van der Waals surface area contributed by atoms with Gasteiger partial charge in [0.2, 0.25) is 5.91 Å². The van der Waals surface area contributed by atoms with E-state index in [-0.39, 0.29) is 18.3 Å². The third-order valence-electron chi connectivity index (χ3n) is 3.37. The number of carbonyl (C=O) groups is 1. The first-order valence-electron chi connectivity index (χ1n) is 6.55. The average Bonchev–Trinajstić information content (AvgIpc) is 2.16. The van der Waals surface area contributed by atoms with Crippen LogP contribution in [0.15, 0.2) is 0 Å². The molecule has 1 aliphatic carbocycles. The maximum Gasteiger partial charge on any atom is 0.220 e. The summed E-state index contributed by atoms with van der Waals surface area (Å²) in [5.41, 5.74) is 0. The van der Waals surface area contributed by atoms with Gasteiger partial charge in [-0.3, -0.25) is 4.79 Å². The van der Waals surface area contributed by atoms with Gasteiger partial charge in [0.15, 0.2) is 0 Å². The van der Waals surface area contributed by atoms with E-state index in [4.69, 9.17) is 0 Å². The number of nitrogens with one attached hydrogen (secondary N) is 2.